The van der Waals surface area contributed by atoms with Crippen molar-refractivity contribution in [2.75, 3.05) is 29.9 Å². The van der Waals surface area contributed by atoms with Gasteiger partial charge < -0.3 is 10.2 Å². The molecule has 2 fully saturated rings. The van der Waals surface area contributed by atoms with Crippen molar-refractivity contribution in [1.29, 1.82) is 0 Å². The lowest BCUT2D eigenvalue weighted by Gasteiger charge is -2.40. The second kappa shape index (κ2) is 9.83. The average molecular weight is 458 g/mol. The molecule has 4 aliphatic rings. The van der Waals surface area contributed by atoms with E-state index in [1.165, 1.54) is 36.8 Å². The van der Waals surface area contributed by atoms with E-state index in [0.29, 0.717) is 11.8 Å². The summed E-state index contributed by atoms with van der Waals surface area (Å²) in [7, 11) is 0. The summed E-state index contributed by atoms with van der Waals surface area (Å²) in [5, 5.41) is 4.26. The Morgan fingerprint density at radius 1 is 1.10 bits per heavy atom. The first-order chi connectivity index (χ1) is 15.1. The molecular formula is C25H32ClN3OS. The molecule has 3 aliphatic carbocycles. The third kappa shape index (κ3) is 4.45. The number of thioether (sulfide) groups is 1. The van der Waals surface area contributed by atoms with Crippen LogP contribution < -0.4 is 5.32 Å². The molecule has 1 saturated heterocycles. The number of halogens is 1. The van der Waals surface area contributed by atoms with Crippen molar-refractivity contribution in [3.63, 3.8) is 0 Å². The van der Waals surface area contributed by atoms with Crippen molar-refractivity contribution < 1.29 is 4.79 Å². The predicted molar refractivity (Wildman–Crippen MR) is 132 cm³/mol. The molecule has 0 spiro atoms. The Kier molecular flexibility index (Phi) is 7.12. The van der Waals surface area contributed by atoms with Gasteiger partial charge in [-0.25, -0.2) is 4.98 Å². The summed E-state index contributed by atoms with van der Waals surface area (Å²) in [5.74, 6) is 4.11. The zero-order valence-electron chi connectivity index (χ0n) is 18.7. The van der Waals surface area contributed by atoms with E-state index >= 15 is 0 Å². The van der Waals surface area contributed by atoms with Gasteiger partial charge in [-0.2, -0.15) is 11.8 Å². The molecule has 166 valence electrons. The van der Waals surface area contributed by atoms with Crippen LogP contribution >= 0.6 is 23.4 Å². The number of amides is 1. The first-order valence-electron chi connectivity index (χ1n) is 11.5. The lowest BCUT2D eigenvalue weighted by Crippen LogP contribution is -2.39. The van der Waals surface area contributed by atoms with Crippen LogP contribution in [-0.4, -0.2) is 40.4 Å². The molecule has 1 aliphatic heterocycles. The molecule has 2 heterocycles. The summed E-state index contributed by atoms with van der Waals surface area (Å²) in [6.45, 7) is 7.69. The number of pyridine rings is 1. The third-order valence-electron chi connectivity index (χ3n) is 6.67. The van der Waals surface area contributed by atoms with Crippen LogP contribution in [0.1, 0.15) is 78.4 Å². The van der Waals surface area contributed by atoms with Crippen LogP contribution in [0.5, 0.6) is 0 Å². The van der Waals surface area contributed by atoms with Gasteiger partial charge in [0.2, 0.25) is 0 Å². The molecular weight excluding hydrogens is 426 g/mol. The lowest BCUT2D eigenvalue weighted by molar-refractivity contribution is 0.0769. The molecule has 1 amide bonds. The summed E-state index contributed by atoms with van der Waals surface area (Å²) < 4.78 is 0. The number of hydrogen-bond donors (Lipinski definition) is 1. The molecule has 1 N–H and O–H groups in total. The molecule has 2 bridgehead atoms. The van der Waals surface area contributed by atoms with Gasteiger partial charge >= 0.3 is 0 Å². The molecule has 0 atom stereocenters. The maximum absolute atomic E-state index is 13.3. The van der Waals surface area contributed by atoms with Crippen LogP contribution in [-0.2, 0) is 0 Å². The second-order valence-electron chi connectivity index (χ2n) is 8.39. The SMILES string of the molecule is CC.Cc1ccc(Nc2ncc(C(=O)N3CCSCC3)c3c2C2CCC3CC2)cc1Cl. The Labute approximate surface area is 195 Å². The van der Waals surface area contributed by atoms with Gasteiger partial charge in [0.15, 0.2) is 0 Å². The summed E-state index contributed by atoms with van der Waals surface area (Å²) in [6, 6.07) is 6.02. The Morgan fingerprint density at radius 2 is 1.74 bits per heavy atom. The summed E-state index contributed by atoms with van der Waals surface area (Å²) >= 11 is 8.25. The van der Waals surface area contributed by atoms with Gasteiger partial charge in [0.25, 0.3) is 5.91 Å². The topological polar surface area (TPSA) is 45.2 Å². The van der Waals surface area contributed by atoms with E-state index in [0.717, 1.165) is 52.3 Å². The quantitative estimate of drug-likeness (QED) is 0.553. The highest BCUT2D eigenvalue weighted by Crippen LogP contribution is 2.52. The average Bonchev–Trinajstić information content (AvgIpc) is 2.84. The number of nitrogens with one attached hydrogen (secondary N) is 1. The number of aryl methyl sites for hydroxylation is 1. The van der Waals surface area contributed by atoms with Crippen molar-refractivity contribution in [2.45, 2.75) is 58.3 Å². The zero-order valence-corrected chi connectivity index (χ0v) is 20.3. The molecule has 1 aromatic heterocycles. The first kappa shape index (κ1) is 22.5. The van der Waals surface area contributed by atoms with Crippen LogP contribution in [0.15, 0.2) is 24.4 Å². The standard InChI is InChI=1S/C23H26ClN3OS.C2H6/c1-14-2-7-17(12-19(14)24)26-22-21-16-5-3-15(4-6-16)20(21)18(13-25-22)23(28)27-8-10-29-11-9-27;1-2/h2,7,12-13,15-16H,3-6,8-11H2,1H3,(H,25,26);1-2H3. The summed E-state index contributed by atoms with van der Waals surface area (Å²) in [5.41, 5.74) is 5.40. The van der Waals surface area contributed by atoms with Gasteiger partial charge in [0.05, 0.1) is 5.56 Å². The van der Waals surface area contributed by atoms with Crippen molar-refractivity contribution in [3.8, 4) is 0 Å². The number of benzene rings is 1. The van der Waals surface area contributed by atoms with Crippen molar-refractivity contribution in [1.82, 2.24) is 9.88 Å². The second-order valence-corrected chi connectivity index (χ2v) is 10.0. The fraction of sp³-hybridized carbons (Fsp3) is 0.520. The first-order valence-corrected chi connectivity index (χ1v) is 13.1. The van der Waals surface area contributed by atoms with Gasteiger partial charge in [0.1, 0.15) is 5.82 Å². The number of rotatable bonds is 3. The Bertz CT molecular complexity index is 950. The van der Waals surface area contributed by atoms with Crippen molar-refractivity contribution >= 4 is 40.8 Å². The molecule has 0 radical (unpaired) electrons. The van der Waals surface area contributed by atoms with Crippen LogP contribution in [0.3, 0.4) is 0 Å². The number of carbonyl (C=O) groups is 1. The fourth-order valence-electron chi connectivity index (χ4n) is 5.08. The van der Waals surface area contributed by atoms with Gasteiger partial charge in [-0.05, 0) is 67.7 Å². The molecule has 6 heteroatoms. The third-order valence-corrected chi connectivity index (χ3v) is 8.01. The minimum Gasteiger partial charge on any atom is -0.340 e. The van der Waals surface area contributed by atoms with Crippen molar-refractivity contribution in [2.24, 2.45) is 0 Å². The molecule has 0 unspecified atom stereocenters. The molecule has 31 heavy (non-hydrogen) atoms. The number of carbonyl (C=O) groups excluding carboxylic acids is 1. The van der Waals surface area contributed by atoms with Gasteiger partial charge in [-0.1, -0.05) is 31.5 Å². The Hall–Kier alpha value is -1.72. The highest BCUT2D eigenvalue weighted by atomic mass is 35.5. The van der Waals surface area contributed by atoms with Gasteiger partial charge in [-0.3, -0.25) is 4.79 Å². The predicted octanol–water partition coefficient (Wildman–Crippen LogP) is 6.76. The molecule has 1 aromatic carbocycles. The maximum atomic E-state index is 13.3. The minimum absolute atomic E-state index is 0.173. The van der Waals surface area contributed by atoms with E-state index in [4.69, 9.17) is 16.6 Å². The van der Waals surface area contributed by atoms with Crippen LogP contribution in [0.4, 0.5) is 11.5 Å². The number of fused-ring (bicyclic) bond motifs is 2. The zero-order chi connectivity index (χ0) is 22.0. The van der Waals surface area contributed by atoms with E-state index in [-0.39, 0.29) is 5.91 Å². The monoisotopic (exact) mass is 457 g/mol. The molecule has 2 aromatic rings. The number of anilines is 2. The summed E-state index contributed by atoms with van der Waals surface area (Å²) in [4.78, 5) is 20.1. The van der Waals surface area contributed by atoms with Crippen LogP contribution in [0.25, 0.3) is 0 Å². The van der Waals surface area contributed by atoms with E-state index in [1.807, 2.05) is 61.8 Å². The fourth-order valence-corrected chi connectivity index (χ4v) is 6.16. The van der Waals surface area contributed by atoms with E-state index in [2.05, 4.69) is 5.32 Å². The smallest absolute Gasteiger partial charge is 0.255 e. The van der Waals surface area contributed by atoms with E-state index in [1.54, 1.807) is 0 Å². The lowest BCUT2D eigenvalue weighted by atomic mass is 9.66. The van der Waals surface area contributed by atoms with E-state index < -0.39 is 0 Å². The van der Waals surface area contributed by atoms with Gasteiger partial charge in [-0.15, -0.1) is 0 Å². The van der Waals surface area contributed by atoms with Crippen LogP contribution in [0, 0.1) is 6.92 Å². The molecule has 1 saturated carbocycles. The van der Waals surface area contributed by atoms with Crippen LogP contribution in [0.2, 0.25) is 5.02 Å². The number of nitrogens with zero attached hydrogens (tertiary/aromatic N) is 2. The highest BCUT2D eigenvalue weighted by molar-refractivity contribution is 7.99. The number of hydrogen-bond acceptors (Lipinski definition) is 4. The Morgan fingerprint density at radius 3 is 2.39 bits per heavy atom. The highest BCUT2D eigenvalue weighted by Gasteiger charge is 2.39. The number of aromatic nitrogens is 1. The van der Waals surface area contributed by atoms with Gasteiger partial charge in [0, 0.05) is 47.1 Å². The maximum Gasteiger partial charge on any atom is 0.255 e. The van der Waals surface area contributed by atoms with E-state index in [9.17, 15) is 4.79 Å². The largest absolute Gasteiger partial charge is 0.340 e. The Balaban J connectivity index is 0.00000112. The minimum atomic E-state index is 0.173. The molecule has 4 nitrogen and oxygen atoms in total. The summed E-state index contributed by atoms with van der Waals surface area (Å²) in [6.07, 6.45) is 6.59. The normalized spacial score (nSPS) is 21.7. The molecule has 6 rings (SSSR count). The van der Waals surface area contributed by atoms with Crippen molar-refractivity contribution in [3.05, 3.63) is 51.7 Å².